The van der Waals surface area contributed by atoms with Crippen LogP contribution in [0, 0.1) is 0 Å². The smallest absolute Gasteiger partial charge is 0.224 e. The van der Waals surface area contributed by atoms with E-state index >= 15 is 0 Å². The lowest BCUT2D eigenvalue weighted by molar-refractivity contribution is -0.116. The van der Waals surface area contributed by atoms with Crippen LogP contribution in [0.25, 0.3) is 21.8 Å². The maximum Gasteiger partial charge on any atom is 0.224 e. The Morgan fingerprint density at radius 2 is 1.65 bits per heavy atom. The van der Waals surface area contributed by atoms with Gasteiger partial charge in [-0.05, 0) is 42.8 Å². The summed E-state index contributed by atoms with van der Waals surface area (Å²) in [5.41, 5.74) is 3.86. The number of H-pyrrole nitrogens is 1. The third kappa shape index (κ3) is 4.32. The molecule has 0 aliphatic heterocycles. The van der Waals surface area contributed by atoms with Crippen LogP contribution in [0.15, 0.2) is 101 Å². The molecule has 0 aliphatic rings. The molecule has 2 N–H and O–H groups in total. The van der Waals surface area contributed by atoms with Crippen LogP contribution in [0.1, 0.15) is 12.1 Å². The molecule has 0 fully saturated rings. The van der Waals surface area contributed by atoms with Gasteiger partial charge in [0, 0.05) is 38.2 Å². The topological polar surface area (TPSA) is 57.8 Å². The maximum atomic E-state index is 12.7. The fraction of sp³-hybridized carbons (Fsp3) is 0.0769. The summed E-state index contributed by atoms with van der Waals surface area (Å²) >= 11 is 1.64. The molecule has 5 rings (SSSR count). The summed E-state index contributed by atoms with van der Waals surface area (Å²) < 4.78 is 0. The largest absolute Gasteiger partial charge is 0.353 e. The Bertz CT molecular complexity index is 1360. The number of carbonyl (C=O) groups excluding carboxylic acids is 1. The number of anilines is 1. The van der Waals surface area contributed by atoms with E-state index in [1.54, 1.807) is 11.8 Å². The van der Waals surface area contributed by atoms with Crippen LogP contribution in [-0.4, -0.2) is 15.9 Å². The lowest BCUT2D eigenvalue weighted by Gasteiger charge is -2.11. The van der Waals surface area contributed by atoms with Crippen LogP contribution in [-0.2, 0) is 11.2 Å². The second-order valence-corrected chi connectivity index (χ2v) is 8.47. The average Bonchev–Trinajstić information content (AvgIpc) is 3.18. The molecule has 0 unspecified atom stereocenters. The molecule has 3 aromatic carbocycles. The van der Waals surface area contributed by atoms with Crippen molar-refractivity contribution in [3.63, 3.8) is 0 Å². The number of benzene rings is 3. The van der Waals surface area contributed by atoms with Crippen molar-refractivity contribution in [2.75, 3.05) is 5.32 Å². The monoisotopic (exact) mass is 423 g/mol. The van der Waals surface area contributed by atoms with Crippen molar-refractivity contribution < 1.29 is 4.79 Å². The van der Waals surface area contributed by atoms with Gasteiger partial charge >= 0.3 is 0 Å². The van der Waals surface area contributed by atoms with Gasteiger partial charge in [-0.3, -0.25) is 9.78 Å². The summed E-state index contributed by atoms with van der Waals surface area (Å²) in [6.45, 7) is 0. The molecule has 4 nitrogen and oxygen atoms in total. The fourth-order valence-electron chi connectivity index (χ4n) is 3.66. The predicted octanol–water partition coefficient (Wildman–Crippen LogP) is 6.44. The molecule has 2 aromatic heterocycles. The minimum absolute atomic E-state index is 0.0121. The average molecular weight is 424 g/mol. The van der Waals surface area contributed by atoms with Gasteiger partial charge in [-0.25, -0.2) is 0 Å². The summed E-state index contributed by atoms with van der Waals surface area (Å²) in [6.07, 6.45) is 2.83. The molecule has 1 amide bonds. The van der Waals surface area contributed by atoms with Gasteiger partial charge in [0.1, 0.15) is 0 Å². The molecule has 2 heterocycles. The maximum absolute atomic E-state index is 12.7. The number of aromatic amines is 1. The van der Waals surface area contributed by atoms with Crippen molar-refractivity contribution in [1.82, 2.24) is 9.97 Å². The lowest BCUT2D eigenvalue weighted by atomic mass is 10.1. The number of amides is 1. The van der Waals surface area contributed by atoms with Gasteiger partial charge in [0.25, 0.3) is 0 Å². The van der Waals surface area contributed by atoms with E-state index < -0.39 is 0 Å². The van der Waals surface area contributed by atoms with Crippen LogP contribution in [0.2, 0.25) is 0 Å². The minimum atomic E-state index is -0.0121. The summed E-state index contributed by atoms with van der Waals surface area (Å²) in [5.74, 6) is -0.0121. The quantitative estimate of drug-likeness (QED) is 0.330. The van der Waals surface area contributed by atoms with Crippen LogP contribution >= 0.6 is 11.8 Å². The molecular formula is C26H21N3OS. The van der Waals surface area contributed by atoms with Gasteiger partial charge in [-0.2, -0.15) is 0 Å². The fourth-order valence-corrected chi connectivity index (χ4v) is 4.58. The number of rotatable bonds is 6. The second kappa shape index (κ2) is 8.66. The normalized spacial score (nSPS) is 11.1. The van der Waals surface area contributed by atoms with E-state index in [2.05, 4.69) is 45.6 Å². The zero-order chi connectivity index (χ0) is 21.0. The number of nitrogens with zero attached hydrogens (tertiary/aromatic N) is 1. The number of fused-ring (bicyclic) bond motifs is 3. The number of aryl methyl sites for hydroxylation is 1. The zero-order valence-electron chi connectivity index (χ0n) is 16.8. The Morgan fingerprint density at radius 3 is 2.55 bits per heavy atom. The highest BCUT2D eigenvalue weighted by Gasteiger charge is 2.10. The van der Waals surface area contributed by atoms with Gasteiger partial charge in [0.15, 0.2) is 0 Å². The van der Waals surface area contributed by atoms with Gasteiger partial charge in [-0.1, -0.05) is 60.3 Å². The lowest BCUT2D eigenvalue weighted by Crippen LogP contribution is -2.13. The zero-order valence-corrected chi connectivity index (χ0v) is 17.7. The predicted molar refractivity (Wildman–Crippen MR) is 128 cm³/mol. The van der Waals surface area contributed by atoms with Crippen molar-refractivity contribution in [3.8, 4) is 0 Å². The van der Waals surface area contributed by atoms with E-state index in [0.29, 0.717) is 12.8 Å². The van der Waals surface area contributed by atoms with E-state index in [4.69, 9.17) is 0 Å². The van der Waals surface area contributed by atoms with Crippen molar-refractivity contribution >= 4 is 45.2 Å². The number of aromatic nitrogens is 2. The molecule has 0 bridgehead atoms. The minimum Gasteiger partial charge on any atom is -0.353 e. The highest BCUT2D eigenvalue weighted by atomic mass is 32.2. The van der Waals surface area contributed by atoms with Gasteiger partial charge in [-0.15, -0.1) is 0 Å². The Kier molecular flexibility index (Phi) is 5.42. The molecule has 0 radical (unpaired) electrons. The van der Waals surface area contributed by atoms with Gasteiger partial charge in [0.05, 0.1) is 17.4 Å². The van der Waals surface area contributed by atoms with Crippen molar-refractivity contribution in [2.45, 2.75) is 22.6 Å². The Hall–Kier alpha value is -3.57. The molecule has 152 valence electrons. The molecule has 0 saturated carbocycles. The van der Waals surface area contributed by atoms with Crippen molar-refractivity contribution in [1.29, 1.82) is 0 Å². The third-order valence-corrected chi connectivity index (χ3v) is 6.27. The van der Waals surface area contributed by atoms with Gasteiger partial charge in [0.2, 0.25) is 5.91 Å². The van der Waals surface area contributed by atoms with Crippen molar-refractivity contribution in [3.05, 3.63) is 96.8 Å². The molecule has 0 spiro atoms. The Balaban J connectivity index is 1.28. The molecular weight excluding hydrogens is 402 g/mol. The molecule has 5 heteroatoms. The van der Waals surface area contributed by atoms with E-state index in [-0.39, 0.29) is 5.91 Å². The summed E-state index contributed by atoms with van der Waals surface area (Å²) in [7, 11) is 0. The Morgan fingerprint density at radius 1 is 0.871 bits per heavy atom. The number of carbonyl (C=O) groups is 1. The number of nitrogens with one attached hydrogen (secondary N) is 2. The van der Waals surface area contributed by atoms with Crippen molar-refractivity contribution in [2.24, 2.45) is 0 Å². The molecule has 5 aromatic rings. The third-order valence-electron chi connectivity index (χ3n) is 5.19. The first kappa shape index (κ1) is 19.4. The highest BCUT2D eigenvalue weighted by Crippen LogP contribution is 2.33. The SMILES string of the molecule is O=C(CCc1cc2c(cn1)[nH]c1ccccc12)Nc1ccccc1Sc1ccccc1. The van der Waals surface area contributed by atoms with E-state index in [9.17, 15) is 4.79 Å². The first-order chi connectivity index (χ1) is 15.3. The summed E-state index contributed by atoms with van der Waals surface area (Å²) in [5, 5.41) is 5.39. The Labute approximate surface area is 184 Å². The van der Waals surface area contributed by atoms with Gasteiger partial charge < -0.3 is 10.3 Å². The number of hydrogen-bond acceptors (Lipinski definition) is 3. The van der Waals surface area contributed by atoms with Crippen LogP contribution in [0.4, 0.5) is 5.69 Å². The van der Waals surface area contributed by atoms with E-state index in [1.807, 2.05) is 60.8 Å². The van der Waals surface area contributed by atoms with Crippen LogP contribution < -0.4 is 5.32 Å². The highest BCUT2D eigenvalue weighted by molar-refractivity contribution is 7.99. The molecule has 31 heavy (non-hydrogen) atoms. The standard InChI is InChI=1S/C26H21N3OS/c30-26(29-23-12-6-7-13-25(23)31-19-8-2-1-3-9-19)15-14-18-16-21-20-10-4-5-11-22(20)28-24(21)17-27-18/h1-13,16-17,28H,14-15H2,(H,29,30). The van der Waals surface area contributed by atoms with Crippen LogP contribution in [0.5, 0.6) is 0 Å². The summed E-state index contributed by atoms with van der Waals surface area (Å²) in [6, 6.07) is 28.4. The number of pyridine rings is 1. The first-order valence-corrected chi connectivity index (χ1v) is 11.0. The molecule has 0 aliphatic carbocycles. The van der Waals surface area contributed by atoms with E-state index in [0.717, 1.165) is 37.6 Å². The van der Waals surface area contributed by atoms with E-state index in [1.165, 1.54) is 5.39 Å². The molecule has 0 saturated heterocycles. The number of para-hydroxylation sites is 2. The van der Waals surface area contributed by atoms with Crippen LogP contribution in [0.3, 0.4) is 0 Å². The number of hydrogen-bond donors (Lipinski definition) is 2. The summed E-state index contributed by atoms with van der Waals surface area (Å²) in [4.78, 5) is 22.8. The second-order valence-electron chi connectivity index (χ2n) is 7.35. The first-order valence-electron chi connectivity index (χ1n) is 10.2. The molecule has 0 atom stereocenters.